The van der Waals surface area contributed by atoms with Gasteiger partial charge in [-0.2, -0.15) is 0 Å². The average molecular weight is 392 g/mol. The van der Waals surface area contributed by atoms with Crippen LogP contribution in [0.5, 0.6) is 5.75 Å². The fourth-order valence-electron chi connectivity index (χ4n) is 3.34. The molecule has 6 nitrogen and oxygen atoms in total. The normalized spacial score (nSPS) is 27.6. The predicted molar refractivity (Wildman–Crippen MR) is 100 cm³/mol. The first-order chi connectivity index (χ1) is 13.4. The molecule has 28 heavy (non-hydrogen) atoms. The topological polar surface area (TPSA) is 99.4 Å². The molecule has 5 atom stereocenters. The minimum atomic E-state index is -1.52. The third-order valence-corrected chi connectivity index (χ3v) is 4.84. The van der Waals surface area contributed by atoms with Crippen molar-refractivity contribution >= 4 is 0 Å². The Hall–Kier alpha value is -2.03. The standard InChI is InChI=1S/C21H25FO6/c1-2-4-12-7-8-15(10-16(12)13-5-3-6-14(22)9-13)27-21-20(26)19(25)18(24)17(11-23)28-21/h3,5-10,17-21,23-26H,2,4,11H2,1H3/t17-,18-,19+,20+,21+/m0/s1. The summed E-state index contributed by atoms with van der Waals surface area (Å²) >= 11 is 0. The number of halogens is 1. The van der Waals surface area contributed by atoms with E-state index in [4.69, 9.17) is 9.47 Å². The van der Waals surface area contributed by atoms with E-state index in [1.54, 1.807) is 24.3 Å². The molecule has 1 heterocycles. The highest BCUT2D eigenvalue weighted by molar-refractivity contribution is 5.69. The number of rotatable bonds is 6. The smallest absolute Gasteiger partial charge is 0.229 e. The largest absolute Gasteiger partial charge is 0.462 e. The lowest BCUT2D eigenvalue weighted by atomic mass is 9.96. The van der Waals surface area contributed by atoms with Gasteiger partial charge in [-0.05, 0) is 47.4 Å². The Balaban J connectivity index is 1.89. The van der Waals surface area contributed by atoms with Crippen LogP contribution in [0.2, 0.25) is 0 Å². The van der Waals surface area contributed by atoms with Crippen LogP contribution in [0.4, 0.5) is 4.39 Å². The lowest BCUT2D eigenvalue weighted by Gasteiger charge is -2.39. The zero-order chi connectivity index (χ0) is 20.3. The van der Waals surface area contributed by atoms with Gasteiger partial charge in [-0.15, -0.1) is 0 Å². The summed E-state index contributed by atoms with van der Waals surface area (Å²) in [6.07, 6.45) is -5.07. The molecular weight excluding hydrogens is 367 g/mol. The second kappa shape index (κ2) is 8.98. The predicted octanol–water partition coefficient (Wildman–Crippen LogP) is 1.62. The van der Waals surface area contributed by atoms with Gasteiger partial charge in [0.1, 0.15) is 36.0 Å². The highest BCUT2D eigenvalue weighted by Gasteiger charge is 2.44. The van der Waals surface area contributed by atoms with Gasteiger partial charge in [-0.25, -0.2) is 4.39 Å². The van der Waals surface area contributed by atoms with Gasteiger partial charge in [0.05, 0.1) is 6.61 Å². The average Bonchev–Trinajstić information content (AvgIpc) is 2.69. The molecular formula is C21H25FO6. The number of hydrogen-bond donors (Lipinski definition) is 4. The van der Waals surface area contributed by atoms with E-state index in [1.807, 2.05) is 13.0 Å². The molecule has 0 aromatic heterocycles. The molecule has 2 aromatic rings. The van der Waals surface area contributed by atoms with Crippen molar-refractivity contribution in [2.45, 2.75) is 50.5 Å². The molecule has 1 saturated heterocycles. The van der Waals surface area contributed by atoms with Crippen molar-refractivity contribution in [3.8, 4) is 16.9 Å². The van der Waals surface area contributed by atoms with E-state index in [1.165, 1.54) is 12.1 Å². The molecule has 1 aliphatic rings. The molecule has 0 spiro atoms. The van der Waals surface area contributed by atoms with Gasteiger partial charge in [-0.1, -0.05) is 31.5 Å². The first kappa shape index (κ1) is 20.7. The van der Waals surface area contributed by atoms with E-state index in [0.717, 1.165) is 24.0 Å². The molecule has 0 radical (unpaired) electrons. The molecule has 0 saturated carbocycles. The Bertz CT molecular complexity index is 796. The summed E-state index contributed by atoms with van der Waals surface area (Å²) in [5.41, 5.74) is 2.51. The summed E-state index contributed by atoms with van der Waals surface area (Å²) in [5.74, 6) is 0.00338. The SMILES string of the molecule is CCCc1ccc(O[C@@H]2O[C@@H](CO)[C@H](O)[C@@H](O)[C@H]2O)cc1-c1cccc(F)c1. The highest BCUT2D eigenvalue weighted by atomic mass is 19.1. The zero-order valence-electron chi connectivity index (χ0n) is 15.5. The fraction of sp³-hybridized carbons (Fsp3) is 0.429. The van der Waals surface area contributed by atoms with E-state index < -0.39 is 37.3 Å². The summed E-state index contributed by atoms with van der Waals surface area (Å²) < 4.78 is 24.8. The number of aliphatic hydroxyl groups excluding tert-OH is 4. The van der Waals surface area contributed by atoms with E-state index in [-0.39, 0.29) is 5.82 Å². The van der Waals surface area contributed by atoms with Gasteiger partial charge in [0.15, 0.2) is 0 Å². The number of aryl methyl sites for hydroxylation is 1. The van der Waals surface area contributed by atoms with Crippen molar-refractivity contribution in [2.24, 2.45) is 0 Å². The van der Waals surface area contributed by atoms with Crippen molar-refractivity contribution in [1.29, 1.82) is 0 Å². The monoisotopic (exact) mass is 392 g/mol. The summed E-state index contributed by atoms with van der Waals surface area (Å²) in [6, 6.07) is 11.5. The molecule has 0 unspecified atom stereocenters. The maximum absolute atomic E-state index is 13.7. The molecule has 0 aliphatic carbocycles. The molecule has 7 heteroatoms. The highest BCUT2D eigenvalue weighted by Crippen LogP contribution is 2.31. The van der Waals surface area contributed by atoms with E-state index in [0.29, 0.717) is 11.3 Å². The van der Waals surface area contributed by atoms with Crippen molar-refractivity contribution in [3.05, 3.63) is 53.8 Å². The van der Waals surface area contributed by atoms with Crippen LogP contribution in [0.1, 0.15) is 18.9 Å². The first-order valence-electron chi connectivity index (χ1n) is 9.30. The maximum Gasteiger partial charge on any atom is 0.229 e. The van der Waals surface area contributed by atoms with Crippen LogP contribution in [0.15, 0.2) is 42.5 Å². The summed E-state index contributed by atoms with van der Waals surface area (Å²) in [6.45, 7) is 1.52. The third-order valence-electron chi connectivity index (χ3n) is 4.84. The number of benzene rings is 2. The van der Waals surface area contributed by atoms with Crippen LogP contribution in [-0.2, 0) is 11.2 Å². The zero-order valence-corrected chi connectivity index (χ0v) is 15.5. The van der Waals surface area contributed by atoms with Gasteiger partial charge in [0.2, 0.25) is 6.29 Å². The maximum atomic E-state index is 13.7. The molecule has 4 N–H and O–H groups in total. The van der Waals surface area contributed by atoms with Gasteiger partial charge >= 0.3 is 0 Å². The lowest BCUT2D eigenvalue weighted by Crippen LogP contribution is -2.60. The van der Waals surface area contributed by atoms with Crippen molar-refractivity contribution < 1.29 is 34.3 Å². The summed E-state index contributed by atoms with van der Waals surface area (Å²) in [7, 11) is 0. The Labute approximate surface area is 162 Å². The molecule has 3 rings (SSSR count). The quantitative estimate of drug-likeness (QED) is 0.596. The molecule has 152 valence electrons. The molecule has 0 bridgehead atoms. The number of ether oxygens (including phenoxy) is 2. The number of hydrogen-bond acceptors (Lipinski definition) is 6. The van der Waals surface area contributed by atoms with Crippen LogP contribution < -0.4 is 4.74 Å². The van der Waals surface area contributed by atoms with Crippen LogP contribution in [-0.4, -0.2) is 57.7 Å². The first-order valence-corrected chi connectivity index (χ1v) is 9.30. The summed E-state index contributed by atoms with van der Waals surface area (Å²) in [4.78, 5) is 0. The van der Waals surface area contributed by atoms with Crippen molar-refractivity contribution in [3.63, 3.8) is 0 Å². The Morgan fingerprint density at radius 1 is 1.04 bits per heavy atom. The molecule has 1 fully saturated rings. The fourth-order valence-corrected chi connectivity index (χ4v) is 3.34. The Morgan fingerprint density at radius 2 is 1.82 bits per heavy atom. The second-order valence-corrected chi connectivity index (χ2v) is 6.89. The molecule has 0 amide bonds. The van der Waals surface area contributed by atoms with Crippen LogP contribution >= 0.6 is 0 Å². The Morgan fingerprint density at radius 3 is 2.50 bits per heavy atom. The minimum Gasteiger partial charge on any atom is -0.462 e. The van der Waals surface area contributed by atoms with Gasteiger partial charge in [-0.3, -0.25) is 0 Å². The third kappa shape index (κ3) is 4.34. The second-order valence-electron chi connectivity index (χ2n) is 6.89. The Kier molecular flexibility index (Phi) is 6.64. The van der Waals surface area contributed by atoms with Gasteiger partial charge in [0, 0.05) is 0 Å². The van der Waals surface area contributed by atoms with Crippen LogP contribution in [0.25, 0.3) is 11.1 Å². The van der Waals surface area contributed by atoms with Crippen molar-refractivity contribution in [2.75, 3.05) is 6.61 Å². The molecule has 1 aliphatic heterocycles. The van der Waals surface area contributed by atoms with Crippen LogP contribution in [0.3, 0.4) is 0 Å². The van der Waals surface area contributed by atoms with E-state index in [2.05, 4.69) is 0 Å². The van der Waals surface area contributed by atoms with Gasteiger partial charge < -0.3 is 29.9 Å². The lowest BCUT2D eigenvalue weighted by molar-refractivity contribution is -0.277. The van der Waals surface area contributed by atoms with Crippen LogP contribution in [0, 0.1) is 5.82 Å². The van der Waals surface area contributed by atoms with E-state index >= 15 is 0 Å². The molecule has 2 aromatic carbocycles. The minimum absolute atomic E-state index is 0.347. The summed E-state index contributed by atoms with van der Waals surface area (Å²) in [5, 5.41) is 39.2. The number of aliphatic hydroxyl groups is 4. The van der Waals surface area contributed by atoms with E-state index in [9.17, 15) is 24.8 Å². The van der Waals surface area contributed by atoms with Crippen molar-refractivity contribution in [1.82, 2.24) is 0 Å². The van der Waals surface area contributed by atoms with Gasteiger partial charge in [0.25, 0.3) is 0 Å².